The van der Waals surface area contributed by atoms with Crippen molar-refractivity contribution in [1.29, 1.82) is 0 Å². The summed E-state index contributed by atoms with van der Waals surface area (Å²) in [5, 5.41) is 5.31. The van der Waals surface area contributed by atoms with E-state index in [9.17, 15) is 4.79 Å². The molecule has 3 rings (SSSR count). The van der Waals surface area contributed by atoms with Crippen LogP contribution in [-0.4, -0.2) is 28.9 Å². The van der Waals surface area contributed by atoms with Crippen molar-refractivity contribution in [2.45, 2.75) is 19.5 Å². The molecule has 20 heavy (non-hydrogen) atoms. The highest BCUT2D eigenvalue weighted by Crippen LogP contribution is 2.23. The number of nitrogens with zero attached hydrogens (tertiary/aromatic N) is 2. The minimum absolute atomic E-state index is 0.177. The first kappa shape index (κ1) is 13.3. The minimum Gasteiger partial charge on any atom is -0.337 e. The molecule has 1 N–H and O–H groups in total. The van der Waals surface area contributed by atoms with E-state index in [1.807, 2.05) is 17.0 Å². The van der Waals surface area contributed by atoms with Gasteiger partial charge in [0, 0.05) is 36.9 Å². The first-order valence-corrected chi connectivity index (χ1v) is 7.63. The fraction of sp³-hybridized carbons (Fsp3) is 0.333. The second-order valence-corrected chi connectivity index (χ2v) is 5.89. The number of rotatable bonds is 4. The molecule has 0 saturated carbocycles. The van der Waals surface area contributed by atoms with Crippen LogP contribution in [0.3, 0.4) is 0 Å². The lowest BCUT2D eigenvalue weighted by Crippen LogP contribution is -2.40. The first-order chi connectivity index (χ1) is 9.83. The number of aromatic nitrogens is 1. The second kappa shape index (κ2) is 6.15. The number of hydrogen-bond donors (Lipinski definition) is 1. The molecule has 0 aliphatic carbocycles. The van der Waals surface area contributed by atoms with Crippen molar-refractivity contribution < 1.29 is 4.79 Å². The van der Waals surface area contributed by atoms with Gasteiger partial charge in [-0.3, -0.25) is 9.78 Å². The molecule has 0 unspecified atom stereocenters. The van der Waals surface area contributed by atoms with Crippen molar-refractivity contribution >= 4 is 17.2 Å². The second-order valence-electron chi connectivity index (χ2n) is 4.89. The average Bonchev–Trinajstić information content (AvgIpc) is 2.95. The van der Waals surface area contributed by atoms with Crippen molar-refractivity contribution in [2.75, 3.05) is 13.1 Å². The summed E-state index contributed by atoms with van der Waals surface area (Å²) >= 11 is 1.79. The molecule has 1 aliphatic heterocycles. The first-order valence-electron chi connectivity index (χ1n) is 6.75. The Hall–Kier alpha value is -1.72. The van der Waals surface area contributed by atoms with Gasteiger partial charge in [0.25, 0.3) is 0 Å². The van der Waals surface area contributed by atoms with Crippen molar-refractivity contribution in [1.82, 2.24) is 15.2 Å². The van der Waals surface area contributed by atoms with E-state index >= 15 is 0 Å². The molecule has 104 valence electrons. The molecule has 0 fully saturated rings. The molecule has 0 spiro atoms. The molecule has 4 nitrogen and oxygen atoms in total. The van der Waals surface area contributed by atoms with E-state index < -0.39 is 0 Å². The van der Waals surface area contributed by atoms with Gasteiger partial charge in [-0.2, -0.15) is 0 Å². The van der Waals surface area contributed by atoms with Crippen LogP contribution in [0.15, 0.2) is 36.0 Å². The van der Waals surface area contributed by atoms with E-state index in [0.29, 0.717) is 13.1 Å². The molecule has 1 amide bonds. The van der Waals surface area contributed by atoms with E-state index in [1.54, 1.807) is 23.7 Å². The van der Waals surface area contributed by atoms with Crippen LogP contribution in [0.25, 0.3) is 0 Å². The van der Waals surface area contributed by atoms with Crippen molar-refractivity contribution in [3.05, 3.63) is 52.0 Å². The Morgan fingerprint density at radius 3 is 3.05 bits per heavy atom. The van der Waals surface area contributed by atoms with E-state index in [4.69, 9.17) is 0 Å². The summed E-state index contributed by atoms with van der Waals surface area (Å²) in [6.45, 7) is 2.69. The fourth-order valence-electron chi connectivity index (χ4n) is 2.39. The normalized spacial score (nSPS) is 14.1. The van der Waals surface area contributed by atoms with Gasteiger partial charge in [0.05, 0.1) is 6.54 Å². The predicted molar refractivity (Wildman–Crippen MR) is 79.4 cm³/mol. The Morgan fingerprint density at radius 1 is 1.35 bits per heavy atom. The SMILES string of the molecule is O=C(CNCc1ccncc1)N1CCc2sccc2C1. The van der Waals surface area contributed by atoms with Crippen LogP contribution in [0, 0.1) is 0 Å². The average molecular weight is 287 g/mol. The van der Waals surface area contributed by atoms with Crippen molar-refractivity contribution in [3.63, 3.8) is 0 Å². The maximum atomic E-state index is 12.2. The van der Waals surface area contributed by atoms with Crippen LogP contribution in [0.4, 0.5) is 0 Å². The molecule has 3 heterocycles. The third-order valence-electron chi connectivity index (χ3n) is 3.52. The summed E-state index contributed by atoms with van der Waals surface area (Å²) in [5.41, 5.74) is 2.45. The molecule has 1 aliphatic rings. The van der Waals surface area contributed by atoms with Gasteiger partial charge >= 0.3 is 0 Å². The van der Waals surface area contributed by atoms with Gasteiger partial charge in [-0.25, -0.2) is 0 Å². The summed E-state index contributed by atoms with van der Waals surface area (Å²) in [6, 6.07) is 6.04. The van der Waals surface area contributed by atoms with E-state index in [1.165, 1.54) is 10.4 Å². The van der Waals surface area contributed by atoms with Gasteiger partial charge in [0.2, 0.25) is 5.91 Å². The molecule has 2 aromatic rings. The Labute approximate surface area is 122 Å². The van der Waals surface area contributed by atoms with E-state index in [2.05, 4.69) is 21.7 Å². The molecule has 2 aromatic heterocycles. The molecular formula is C15H17N3OS. The predicted octanol–water partition coefficient (Wildman–Crippen LogP) is 1.82. The van der Waals surface area contributed by atoms with Crippen LogP contribution in [0.5, 0.6) is 0 Å². The highest BCUT2D eigenvalue weighted by atomic mass is 32.1. The van der Waals surface area contributed by atoms with Crippen molar-refractivity contribution in [3.8, 4) is 0 Å². The molecule has 0 radical (unpaired) electrons. The lowest BCUT2D eigenvalue weighted by atomic mass is 10.1. The number of amides is 1. The van der Waals surface area contributed by atoms with Gasteiger partial charge in [-0.1, -0.05) is 0 Å². The molecule has 0 bridgehead atoms. The molecule has 0 atom stereocenters. The monoisotopic (exact) mass is 287 g/mol. The number of fused-ring (bicyclic) bond motifs is 1. The maximum absolute atomic E-state index is 12.2. The van der Waals surface area contributed by atoms with Crippen molar-refractivity contribution in [2.24, 2.45) is 0 Å². The van der Waals surface area contributed by atoms with Crippen LogP contribution >= 0.6 is 11.3 Å². The van der Waals surface area contributed by atoms with Crippen LogP contribution in [0.2, 0.25) is 0 Å². The smallest absolute Gasteiger partial charge is 0.236 e. The summed E-state index contributed by atoms with van der Waals surface area (Å²) in [7, 11) is 0. The summed E-state index contributed by atoms with van der Waals surface area (Å²) in [6.07, 6.45) is 4.52. The highest BCUT2D eigenvalue weighted by Gasteiger charge is 2.20. The van der Waals surface area contributed by atoms with Crippen LogP contribution in [0.1, 0.15) is 16.0 Å². The maximum Gasteiger partial charge on any atom is 0.236 e. The Morgan fingerprint density at radius 2 is 2.20 bits per heavy atom. The van der Waals surface area contributed by atoms with Gasteiger partial charge in [-0.05, 0) is 41.1 Å². The number of pyridine rings is 1. The van der Waals surface area contributed by atoms with Gasteiger partial charge in [0.15, 0.2) is 0 Å². The Kier molecular flexibility index (Phi) is 4.08. The Bertz CT molecular complexity index is 582. The fourth-order valence-corrected chi connectivity index (χ4v) is 3.28. The Balaban J connectivity index is 1.48. The molecular weight excluding hydrogens is 270 g/mol. The minimum atomic E-state index is 0.177. The number of nitrogens with one attached hydrogen (secondary N) is 1. The quantitative estimate of drug-likeness (QED) is 0.933. The summed E-state index contributed by atoms with van der Waals surface area (Å²) < 4.78 is 0. The van der Waals surface area contributed by atoms with Gasteiger partial charge in [-0.15, -0.1) is 11.3 Å². The lowest BCUT2D eigenvalue weighted by molar-refractivity contribution is -0.131. The zero-order valence-electron chi connectivity index (χ0n) is 11.2. The molecule has 0 saturated heterocycles. The number of thiophene rings is 1. The lowest BCUT2D eigenvalue weighted by Gasteiger charge is -2.27. The van der Waals surface area contributed by atoms with Crippen LogP contribution < -0.4 is 5.32 Å². The topological polar surface area (TPSA) is 45.2 Å². The van der Waals surface area contributed by atoms with Crippen LogP contribution in [-0.2, 0) is 24.3 Å². The summed E-state index contributed by atoms with van der Waals surface area (Å²) in [4.78, 5) is 19.5. The number of carbonyl (C=O) groups is 1. The number of carbonyl (C=O) groups excluding carboxylic acids is 1. The summed E-state index contributed by atoms with van der Waals surface area (Å²) in [5.74, 6) is 0.177. The molecule has 5 heteroatoms. The largest absolute Gasteiger partial charge is 0.337 e. The molecule has 0 aromatic carbocycles. The zero-order chi connectivity index (χ0) is 13.8. The highest BCUT2D eigenvalue weighted by molar-refractivity contribution is 7.10. The van der Waals surface area contributed by atoms with E-state index in [0.717, 1.165) is 25.1 Å². The van der Waals surface area contributed by atoms with Gasteiger partial charge in [0.1, 0.15) is 0 Å². The standard InChI is InChI=1S/C15H17N3OS/c19-15(10-17-9-12-1-5-16-6-2-12)18-7-3-14-13(11-18)4-8-20-14/h1-2,4-6,8,17H,3,7,9-11H2. The number of hydrogen-bond acceptors (Lipinski definition) is 4. The van der Waals surface area contributed by atoms with Gasteiger partial charge < -0.3 is 10.2 Å². The van der Waals surface area contributed by atoms with E-state index in [-0.39, 0.29) is 5.91 Å². The zero-order valence-corrected chi connectivity index (χ0v) is 12.0. The third kappa shape index (κ3) is 3.05. The third-order valence-corrected chi connectivity index (χ3v) is 4.54.